The molecule has 1 fully saturated rings. The highest BCUT2D eigenvalue weighted by Crippen LogP contribution is 2.30. The maximum Gasteiger partial charge on any atom is 0.180 e. The van der Waals surface area contributed by atoms with E-state index in [2.05, 4.69) is 0 Å². The molecule has 14 heavy (non-hydrogen) atoms. The van der Waals surface area contributed by atoms with E-state index in [9.17, 15) is 4.79 Å². The Balaban J connectivity index is 2.20. The van der Waals surface area contributed by atoms with E-state index in [4.69, 9.17) is 16.3 Å². The highest BCUT2D eigenvalue weighted by molar-refractivity contribution is 7.12. The number of carbonyl (C=O) groups excluding carboxylic acids is 1. The Bertz CT molecular complexity index is 348. The summed E-state index contributed by atoms with van der Waals surface area (Å²) < 4.78 is 5.37. The molecule has 1 aliphatic rings. The SMILES string of the molecule is CC1OCCC1C(=O)c1sccc1Cl. The van der Waals surface area contributed by atoms with E-state index in [-0.39, 0.29) is 17.8 Å². The van der Waals surface area contributed by atoms with Gasteiger partial charge in [-0.2, -0.15) is 0 Å². The molecule has 4 heteroatoms. The molecule has 2 unspecified atom stereocenters. The number of ketones is 1. The summed E-state index contributed by atoms with van der Waals surface area (Å²) in [5.74, 6) is 0.126. The summed E-state index contributed by atoms with van der Waals surface area (Å²) in [6.45, 7) is 2.62. The minimum absolute atomic E-state index is 0.00819. The van der Waals surface area contributed by atoms with Gasteiger partial charge in [0.2, 0.25) is 0 Å². The van der Waals surface area contributed by atoms with Crippen LogP contribution >= 0.6 is 22.9 Å². The van der Waals surface area contributed by atoms with Crippen molar-refractivity contribution >= 4 is 28.7 Å². The third-order valence-corrected chi connectivity index (χ3v) is 3.91. The molecule has 0 aromatic carbocycles. The minimum atomic E-state index is -0.00819. The van der Waals surface area contributed by atoms with E-state index in [1.165, 1.54) is 11.3 Å². The molecule has 1 aromatic rings. The van der Waals surface area contributed by atoms with E-state index in [0.717, 1.165) is 6.42 Å². The zero-order valence-electron chi connectivity index (χ0n) is 7.83. The van der Waals surface area contributed by atoms with Gasteiger partial charge in [0, 0.05) is 6.61 Å². The molecular weight excluding hydrogens is 220 g/mol. The van der Waals surface area contributed by atoms with Gasteiger partial charge in [0.1, 0.15) is 0 Å². The van der Waals surface area contributed by atoms with Crippen LogP contribution in [0.1, 0.15) is 23.0 Å². The van der Waals surface area contributed by atoms with E-state index >= 15 is 0 Å². The molecule has 0 aliphatic carbocycles. The standard InChI is InChI=1S/C10H11ClO2S/c1-6-7(2-4-13-6)9(12)10-8(11)3-5-14-10/h3,5-7H,2,4H2,1H3. The maximum atomic E-state index is 12.0. The maximum absolute atomic E-state index is 12.0. The highest BCUT2D eigenvalue weighted by atomic mass is 35.5. The monoisotopic (exact) mass is 230 g/mol. The summed E-state index contributed by atoms with van der Waals surface area (Å²) in [5.41, 5.74) is 0. The van der Waals surface area contributed by atoms with Gasteiger partial charge >= 0.3 is 0 Å². The molecule has 2 rings (SSSR count). The number of hydrogen-bond donors (Lipinski definition) is 0. The lowest BCUT2D eigenvalue weighted by Crippen LogP contribution is -2.21. The Morgan fingerprint density at radius 1 is 1.71 bits per heavy atom. The Labute approximate surface area is 91.8 Å². The molecule has 0 saturated carbocycles. The number of thiophene rings is 1. The normalized spacial score (nSPS) is 26.7. The number of rotatable bonds is 2. The highest BCUT2D eigenvalue weighted by Gasteiger charge is 2.32. The smallest absolute Gasteiger partial charge is 0.180 e. The van der Waals surface area contributed by atoms with Crippen molar-refractivity contribution in [3.05, 3.63) is 21.3 Å². The van der Waals surface area contributed by atoms with Crippen LogP contribution in [0.5, 0.6) is 0 Å². The van der Waals surface area contributed by atoms with Crippen LogP contribution in [0, 0.1) is 5.92 Å². The van der Waals surface area contributed by atoms with Crippen molar-refractivity contribution in [1.29, 1.82) is 0 Å². The molecule has 1 aromatic heterocycles. The Morgan fingerprint density at radius 2 is 2.50 bits per heavy atom. The quantitative estimate of drug-likeness (QED) is 0.731. The molecule has 0 spiro atoms. The number of halogens is 1. The molecule has 76 valence electrons. The summed E-state index contributed by atoms with van der Waals surface area (Å²) in [5, 5.41) is 2.41. The zero-order chi connectivity index (χ0) is 10.1. The topological polar surface area (TPSA) is 26.3 Å². The molecule has 0 N–H and O–H groups in total. The predicted molar refractivity (Wildman–Crippen MR) is 57.2 cm³/mol. The molecule has 2 atom stereocenters. The van der Waals surface area contributed by atoms with Gasteiger partial charge < -0.3 is 4.74 Å². The van der Waals surface area contributed by atoms with Crippen molar-refractivity contribution in [2.24, 2.45) is 5.92 Å². The van der Waals surface area contributed by atoms with Crippen LogP contribution in [0.2, 0.25) is 5.02 Å². The molecule has 2 nitrogen and oxygen atoms in total. The number of carbonyl (C=O) groups is 1. The Hall–Kier alpha value is -0.380. The zero-order valence-corrected chi connectivity index (χ0v) is 9.40. The summed E-state index contributed by atoms with van der Waals surface area (Å²) in [4.78, 5) is 12.7. The van der Waals surface area contributed by atoms with Crippen molar-refractivity contribution in [1.82, 2.24) is 0 Å². The van der Waals surface area contributed by atoms with Gasteiger partial charge in [0.25, 0.3) is 0 Å². The van der Waals surface area contributed by atoms with Crippen molar-refractivity contribution in [3.8, 4) is 0 Å². The van der Waals surface area contributed by atoms with E-state index in [0.29, 0.717) is 16.5 Å². The first-order valence-corrected chi connectivity index (χ1v) is 5.84. The van der Waals surface area contributed by atoms with Crippen molar-refractivity contribution < 1.29 is 9.53 Å². The lowest BCUT2D eigenvalue weighted by molar-refractivity contribution is 0.0768. The van der Waals surface area contributed by atoms with Crippen LogP contribution in [0.3, 0.4) is 0 Å². The van der Waals surface area contributed by atoms with E-state index in [1.54, 1.807) is 6.07 Å². The second-order valence-corrected chi connectivity index (χ2v) is 4.76. The molecule has 1 aliphatic heterocycles. The van der Waals surface area contributed by atoms with Crippen LogP contribution < -0.4 is 0 Å². The molecule has 2 heterocycles. The van der Waals surface area contributed by atoms with Crippen LogP contribution in [0.4, 0.5) is 0 Å². The number of Topliss-reactive ketones (excluding diaryl/α,β-unsaturated/α-hetero) is 1. The summed E-state index contributed by atoms with van der Waals surface area (Å²) in [7, 11) is 0. The van der Waals surface area contributed by atoms with Crippen LogP contribution in [0.25, 0.3) is 0 Å². The van der Waals surface area contributed by atoms with Gasteiger partial charge in [0.15, 0.2) is 5.78 Å². The first-order valence-electron chi connectivity index (χ1n) is 4.59. The molecular formula is C10H11ClO2S. The third-order valence-electron chi connectivity index (χ3n) is 2.55. The van der Waals surface area contributed by atoms with E-state index in [1.807, 2.05) is 12.3 Å². The van der Waals surface area contributed by atoms with Crippen LogP contribution in [0.15, 0.2) is 11.4 Å². The molecule has 0 amide bonds. The van der Waals surface area contributed by atoms with Gasteiger partial charge in [0.05, 0.1) is 21.9 Å². The second kappa shape index (κ2) is 4.01. The molecule has 1 saturated heterocycles. The van der Waals surface area contributed by atoms with Gasteiger partial charge in [-0.3, -0.25) is 4.79 Å². The fourth-order valence-corrected chi connectivity index (χ4v) is 2.87. The lowest BCUT2D eigenvalue weighted by atomic mass is 9.96. The Kier molecular flexibility index (Phi) is 2.91. The molecule has 0 bridgehead atoms. The number of hydrogen-bond acceptors (Lipinski definition) is 3. The summed E-state index contributed by atoms with van der Waals surface area (Å²) in [6.07, 6.45) is 0.842. The summed E-state index contributed by atoms with van der Waals surface area (Å²) >= 11 is 7.32. The minimum Gasteiger partial charge on any atom is -0.378 e. The average molecular weight is 231 g/mol. The lowest BCUT2D eigenvalue weighted by Gasteiger charge is -2.11. The van der Waals surface area contributed by atoms with Gasteiger partial charge in [-0.15, -0.1) is 11.3 Å². The average Bonchev–Trinajstić information content (AvgIpc) is 2.73. The largest absolute Gasteiger partial charge is 0.378 e. The Morgan fingerprint density at radius 3 is 3.00 bits per heavy atom. The van der Waals surface area contributed by atoms with Gasteiger partial charge in [-0.1, -0.05) is 11.6 Å². The fourth-order valence-electron chi connectivity index (χ4n) is 1.71. The van der Waals surface area contributed by atoms with Crippen molar-refractivity contribution in [3.63, 3.8) is 0 Å². The fraction of sp³-hybridized carbons (Fsp3) is 0.500. The molecule has 0 radical (unpaired) electrons. The predicted octanol–water partition coefficient (Wildman–Crippen LogP) is 3.01. The van der Waals surface area contributed by atoms with Crippen molar-refractivity contribution in [2.75, 3.05) is 6.61 Å². The van der Waals surface area contributed by atoms with Gasteiger partial charge in [-0.05, 0) is 24.8 Å². The van der Waals surface area contributed by atoms with Crippen LogP contribution in [-0.4, -0.2) is 18.5 Å². The van der Waals surface area contributed by atoms with Crippen LogP contribution in [-0.2, 0) is 4.74 Å². The van der Waals surface area contributed by atoms with Crippen molar-refractivity contribution in [2.45, 2.75) is 19.4 Å². The number of ether oxygens (including phenoxy) is 1. The first kappa shape index (κ1) is 10.1. The first-order chi connectivity index (χ1) is 6.70. The summed E-state index contributed by atoms with van der Waals surface area (Å²) in [6, 6.07) is 1.76. The third kappa shape index (κ3) is 1.72. The van der Waals surface area contributed by atoms with Gasteiger partial charge in [-0.25, -0.2) is 0 Å². The van der Waals surface area contributed by atoms with E-state index < -0.39 is 0 Å². The second-order valence-electron chi connectivity index (χ2n) is 3.43.